The second-order valence-corrected chi connectivity index (χ2v) is 6.89. The van der Waals surface area contributed by atoms with Crippen LogP contribution in [0.1, 0.15) is 19.4 Å². The van der Waals surface area contributed by atoms with Gasteiger partial charge in [0, 0.05) is 43.8 Å². The van der Waals surface area contributed by atoms with E-state index in [-0.39, 0.29) is 24.0 Å². The Kier molecular flexibility index (Phi) is 9.94. The Morgan fingerprint density at radius 1 is 1.21 bits per heavy atom. The number of aliphatic imine (C=N–C) groups is 1. The molecule has 28 heavy (non-hydrogen) atoms. The molecule has 1 unspecified atom stereocenters. The maximum absolute atomic E-state index is 5.43. The standard InChI is InChI=1S/C21H31N5O.HI/c1-3-22-21(25-16-17(2)26-12-14-27-15-13-26)24-11-9-19-7-4-6-18-8-5-10-23-20(18)19;/h4-8,10,17H,3,9,11-16H2,1-2H3,(H2,22,24,25);1H. The lowest BCUT2D eigenvalue weighted by molar-refractivity contribution is 0.0220. The van der Waals surface area contributed by atoms with Crippen molar-refractivity contribution in [3.05, 3.63) is 42.1 Å². The molecule has 0 bridgehead atoms. The van der Waals surface area contributed by atoms with E-state index in [0.717, 1.165) is 63.8 Å². The minimum atomic E-state index is 0. The molecule has 1 atom stereocenters. The molecule has 2 aromatic rings. The van der Waals surface area contributed by atoms with E-state index in [1.54, 1.807) is 0 Å². The van der Waals surface area contributed by atoms with E-state index in [2.05, 4.69) is 58.6 Å². The number of halogens is 1. The van der Waals surface area contributed by atoms with Crippen LogP contribution in [0.15, 0.2) is 41.5 Å². The predicted octanol–water partition coefficient (Wildman–Crippen LogP) is 2.67. The second kappa shape index (κ2) is 12.2. The van der Waals surface area contributed by atoms with Crippen molar-refractivity contribution in [2.75, 3.05) is 45.9 Å². The second-order valence-electron chi connectivity index (χ2n) is 6.89. The van der Waals surface area contributed by atoms with E-state index < -0.39 is 0 Å². The van der Waals surface area contributed by atoms with E-state index >= 15 is 0 Å². The van der Waals surface area contributed by atoms with Crippen molar-refractivity contribution in [3.63, 3.8) is 0 Å². The van der Waals surface area contributed by atoms with Gasteiger partial charge in [0.2, 0.25) is 0 Å². The topological polar surface area (TPSA) is 61.8 Å². The van der Waals surface area contributed by atoms with Crippen LogP contribution in [0.25, 0.3) is 10.9 Å². The largest absolute Gasteiger partial charge is 0.379 e. The fraction of sp³-hybridized carbons (Fsp3) is 0.524. The zero-order chi connectivity index (χ0) is 18.9. The SMILES string of the molecule is CCNC(=NCC(C)N1CCOCC1)NCCc1cccc2cccnc12.I. The molecule has 0 spiro atoms. The van der Waals surface area contributed by atoms with Crippen LogP contribution in [-0.4, -0.2) is 67.8 Å². The number of guanidine groups is 1. The zero-order valence-electron chi connectivity index (χ0n) is 16.9. The molecule has 1 aromatic carbocycles. The summed E-state index contributed by atoms with van der Waals surface area (Å²) in [5.41, 5.74) is 2.35. The van der Waals surface area contributed by atoms with Gasteiger partial charge in [-0.25, -0.2) is 0 Å². The van der Waals surface area contributed by atoms with Gasteiger partial charge < -0.3 is 15.4 Å². The third-order valence-corrected chi connectivity index (χ3v) is 4.93. The lowest BCUT2D eigenvalue weighted by Gasteiger charge is -2.31. The third kappa shape index (κ3) is 6.56. The van der Waals surface area contributed by atoms with Crippen molar-refractivity contribution in [2.45, 2.75) is 26.3 Å². The number of hydrogen-bond acceptors (Lipinski definition) is 4. The van der Waals surface area contributed by atoms with Gasteiger partial charge in [-0.15, -0.1) is 24.0 Å². The molecule has 7 heteroatoms. The first-order valence-corrected chi connectivity index (χ1v) is 9.94. The number of nitrogens with one attached hydrogen (secondary N) is 2. The van der Waals surface area contributed by atoms with Crippen LogP contribution in [0.2, 0.25) is 0 Å². The Labute approximate surface area is 185 Å². The Balaban J connectivity index is 0.00000280. The average Bonchev–Trinajstić information content (AvgIpc) is 2.72. The minimum Gasteiger partial charge on any atom is -0.379 e. The van der Waals surface area contributed by atoms with Gasteiger partial charge in [0.25, 0.3) is 0 Å². The highest BCUT2D eigenvalue weighted by Gasteiger charge is 2.16. The number of ether oxygens (including phenoxy) is 1. The summed E-state index contributed by atoms with van der Waals surface area (Å²) in [5.74, 6) is 0.880. The molecule has 0 amide bonds. The van der Waals surface area contributed by atoms with Crippen LogP contribution in [0.3, 0.4) is 0 Å². The first-order chi connectivity index (χ1) is 13.3. The minimum absolute atomic E-state index is 0. The Morgan fingerprint density at radius 2 is 2.00 bits per heavy atom. The van der Waals surface area contributed by atoms with E-state index in [1.165, 1.54) is 10.9 Å². The van der Waals surface area contributed by atoms with E-state index in [9.17, 15) is 0 Å². The van der Waals surface area contributed by atoms with Gasteiger partial charge in [-0.05, 0) is 31.9 Å². The molecule has 3 rings (SSSR count). The fourth-order valence-electron chi connectivity index (χ4n) is 3.38. The number of hydrogen-bond donors (Lipinski definition) is 2. The Hall–Kier alpha value is -1.45. The Morgan fingerprint density at radius 3 is 2.79 bits per heavy atom. The number of rotatable bonds is 7. The maximum atomic E-state index is 5.43. The summed E-state index contributed by atoms with van der Waals surface area (Å²) in [6.07, 6.45) is 2.77. The molecular formula is C21H32IN5O. The predicted molar refractivity (Wildman–Crippen MR) is 127 cm³/mol. The molecule has 2 heterocycles. The number of benzene rings is 1. The Bertz CT molecular complexity index is 743. The fourth-order valence-corrected chi connectivity index (χ4v) is 3.38. The monoisotopic (exact) mass is 497 g/mol. The summed E-state index contributed by atoms with van der Waals surface area (Å²) >= 11 is 0. The van der Waals surface area contributed by atoms with Crippen molar-refractivity contribution >= 4 is 40.8 Å². The first kappa shape index (κ1) is 22.8. The van der Waals surface area contributed by atoms with Crippen LogP contribution in [-0.2, 0) is 11.2 Å². The lowest BCUT2D eigenvalue weighted by Crippen LogP contribution is -2.44. The molecule has 2 N–H and O–H groups in total. The van der Waals surface area contributed by atoms with Crippen LogP contribution in [0.5, 0.6) is 0 Å². The van der Waals surface area contributed by atoms with Gasteiger partial charge in [0.1, 0.15) is 0 Å². The van der Waals surface area contributed by atoms with E-state index in [0.29, 0.717) is 6.04 Å². The molecule has 0 radical (unpaired) electrons. The lowest BCUT2D eigenvalue weighted by atomic mass is 10.1. The third-order valence-electron chi connectivity index (χ3n) is 4.93. The smallest absolute Gasteiger partial charge is 0.191 e. The summed E-state index contributed by atoms with van der Waals surface area (Å²) in [4.78, 5) is 11.8. The summed E-state index contributed by atoms with van der Waals surface area (Å²) < 4.78 is 5.43. The normalized spacial score (nSPS) is 16.4. The number of fused-ring (bicyclic) bond motifs is 1. The molecule has 0 saturated carbocycles. The number of pyridine rings is 1. The van der Waals surface area contributed by atoms with Crippen molar-refractivity contribution in [2.24, 2.45) is 4.99 Å². The molecule has 6 nitrogen and oxygen atoms in total. The van der Waals surface area contributed by atoms with Crippen molar-refractivity contribution in [3.8, 4) is 0 Å². The highest BCUT2D eigenvalue weighted by atomic mass is 127. The molecular weight excluding hydrogens is 465 g/mol. The maximum Gasteiger partial charge on any atom is 0.191 e. The molecule has 0 aliphatic carbocycles. The van der Waals surface area contributed by atoms with Crippen molar-refractivity contribution < 1.29 is 4.74 Å². The van der Waals surface area contributed by atoms with Crippen LogP contribution in [0, 0.1) is 0 Å². The van der Waals surface area contributed by atoms with Crippen LogP contribution < -0.4 is 10.6 Å². The van der Waals surface area contributed by atoms with E-state index in [1.807, 2.05) is 12.3 Å². The number of para-hydroxylation sites is 1. The number of morpholine rings is 1. The number of nitrogens with zero attached hydrogens (tertiary/aromatic N) is 3. The zero-order valence-corrected chi connectivity index (χ0v) is 19.2. The average molecular weight is 497 g/mol. The quantitative estimate of drug-likeness (QED) is 0.350. The van der Waals surface area contributed by atoms with E-state index in [4.69, 9.17) is 9.73 Å². The van der Waals surface area contributed by atoms with Crippen molar-refractivity contribution in [1.29, 1.82) is 0 Å². The van der Waals surface area contributed by atoms with Gasteiger partial charge in [0.05, 0.1) is 25.3 Å². The summed E-state index contributed by atoms with van der Waals surface area (Å²) in [7, 11) is 0. The van der Waals surface area contributed by atoms with Crippen molar-refractivity contribution in [1.82, 2.24) is 20.5 Å². The summed E-state index contributed by atoms with van der Waals surface area (Å²) in [5, 5.41) is 7.99. The van der Waals surface area contributed by atoms with Crippen LogP contribution >= 0.6 is 24.0 Å². The van der Waals surface area contributed by atoms with Crippen LogP contribution in [0.4, 0.5) is 0 Å². The van der Waals surface area contributed by atoms with Gasteiger partial charge >= 0.3 is 0 Å². The van der Waals surface area contributed by atoms with Gasteiger partial charge in [0.15, 0.2) is 5.96 Å². The number of aromatic nitrogens is 1. The molecule has 1 fully saturated rings. The molecule has 1 aliphatic rings. The molecule has 154 valence electrons. The molecule has 1 aliphatic heterocycles. The van der Waals surface area contributed by atoms with Gasteiger partial charge in [-0.1, -0.05) is 24.3 Å². The first-order valence-electron chi connectivity index (χ1n) is 9.94. The summed E-state index contributed by atoms with van der Waals surface area (Å²) in [6, 6.07) is 10.9. The highest BCUT2D eigenvalue weighted by Crippen LogP contribution is 2.15. The summed E-state index contributed by atoms with van der Waals surface area (Å²) in [6.45, 7) is 10.4. The van der Waals surface area contributed by atoms with Gasteiger partial charge in [-0.2, -0.15) is 0 Å². The molecule has 1 aromatic heterocycles. The highest BCUT2D eigenvalue weighted by molar-refractivity contribution is 14.0. The van der Waals surface area contributed by atoms with Gasteiger partial charge in [-0.3, -0.25) is 14.9 Å². The molecule has 1 saturated heterocycles.